The Morgan fingerprint density at radius 1 is 1.15 bits per heavy atom. The number of carbonyl (C=O) groups excluding carboxylic acids is 1. The van der Waals surface area contributed by atoms with Gasteiger partial charge in [-0.3, -0.25) is 4.79 Å². The molecule has 0 bridgehead atoms. The maximum absolute atomic E-state index is 12.5. The van der Waals surface area contributed by atoms with Crippen LogP contribution < -0.4 is 5.69 Å². The van der Waals surface area contributed by atoms with Crippen LogP contribution in [-0.2, 0) is 17.9 Å². The Bertz CT molecular complexity index is 1000. The second-order valence-electron chi connectivity index (χ2n) is 5.62. The SMILES string of the molecule is CN(Cc1ccccc1Br)C(=O)Cn1nnn(-c2ccccc2Cl)c1=O. The molecule has 0 aliphatic carbocycles. The molecule has 0 aliphatic rings. The Morgan fingerprint density at radius 3 is 2.58 bits per heavy atom. The zero-order valence-corrected chi connectivity index (χ0v) is 16.2. The van der Waals surface area contributed by atoms with Gasteiger partial charge < -0.3 is 4.90 Å². The number of para-hydroxylation sites is 1. The summed E-state index contributed by atoms with van der Waals surface area (Å²) in [5, 5.41) is 7.97. The number of hydrogen-bond acceptors (Lipinski definition) is 4. The second-order valence-corrected chi connectivity index (χ2v) is 6.89. The predicted octanol–water partition coefficient (Wildman–Crippen LogP) is 2.50. The van der Waals surface area contributed by atoms with E-state index in [9.17, 15) is 9.59 Å². The third kappa shape index (κ3) is 3.86. The normalized spacial score (nSPS) is 10.7. The molecule has 0 radical (unpaired) electrons. The Hall–Kier alpha value is -2.45. The average molecular weight is 437 g/mol. The predicted molar refractivity (Wildman–Crippen MR) is 101 cm³/mol. The van der Waals surface area contributed by atoms with Crippen molar-refractivity contribution in [1.29, 1.82) is 0 Å². The topological polar surface area (TPSA) is 73.0 Å². The first-order valence-electron chi connectivity index (χ1n) is 7.72. The maximum Gasteiger partial charge on any atom is 0.369 e. The smallest absolute Gasteiger partial charge is 0.340 e. The van der Waals surface area contributed by atoms with Gasteiger partial charge in [0.1, 0.15) is 6.54 Å². The van der Waals surface area contributed by atoms with Crippen molar-refractivity contribution >= 4 is 33.4 Å². The molecule has 134 valence electrons. The second kappa shape index (κ2) is 7.84. The van der Waals surface area contributed by atoms with Crippen LogP contribution in [0.4, 0.5) is 0 Å². The van der Waals surface area contributed by atoms with E-state index in [1.807, 2.05) is 24.3 Å². The lowest BCUT2D eigenvalue weighted by Gasteiger charge is -2.17. The van der Waals surface area contributed by atoms with E-state index in [-0.39, 0.29) is 12.5 Å². The Balaban J connectivity index is 1.75. The fraction of sp³-hybridized carbons (Fsp3) is 0.176. The van der Waals surface area contributed by atoms with Crippen LogP contribution in [0.2, 0.25) is 5.02 Å². The Labute approximate surface area is 162 Å². The largest absolute Gasteiger partial charge is 0.369 e. The fourth-order valence-corrected chi connectivity index (χ4v) is 2.99. The van der Waals surface area contributed by atoms with Crippen LogP contribution in [0.1, 0.15) is 5.56 Å². The molecular formula is C17H15BrClN5O2. The number of tetrazole rings is 1. The van der Waals surface area contributed by atoms with Crippen molar-refractivity contribution in [2.75, 3.05) is 7.05 Å². The molecule has 0 unspecified atom stereocenters. The van der Waals surface area contributed by atoms with Crippen LogP contribution in [0, 0.1) is 0 Å². The van der Waals surface area contributed by atoms with E-state index in [0.29, 0.717) is 17.3 Å². The molecular weight excluding hydrogens is 422 g/mol. The van der Waals surface area contributed by atoms with Gasteiger partial charge in [-0.1, -0.05) is 57.9 Å². The molecule has 9 heteroatoms. The summed E-state index contributed by atoms with van der Waals surface area (Å²) in [4.78, 5) is 26.4. The van der Waals surface area contributed by atoms with Crippen molar-refractivity contribution < 1.29 is 4.79 Å². The molecule has 0 N–H and O–H groups in total. The van der Waals surface area contributed by atoms with Gasteiger partial charge in [-0.15, -0.1) is 0 Å². The molecule has 2 aromatic carbocycles. The lowest BCUT2D eigenvalue weighted by Crippen LogP contribution is -2.34. The van der Waals surface area contributed by atoms with Crippen LogP contribution >= 0.6 is 27.5 Å². The van der Waals surface area contributed by atoms with E-state index >= 15 is 0 Å². The summed E-state index contributed by atoms with van der Waals surface area (Å²) in [6, 6.07) is 14.4. The molecule has 1 aromatic heterocycles. The van der Waals surface area contributed by atoms with E-state index < -0.39 is 5.69 Å². The van der Waals surface area contributed by atoms with E-state index in [1.165, 1.54) is 4.90 Å². The maximum atomic E-state index is 12.5. The number of rotatable bonds is 5. The van der Waals surface area contributed by atoms with Crippen LogP contribution in [0.3, 0.4) is 0 Å². The van der Waals surface area contributed by atoms with Gasteiger partial charge in [-0.05, 0) is 34.2 Å². The zero-order chi connectivity index (χ0) is 18.7. The molecule has 1 heterocycles. The molecule has 0 aliphatic heterocycles. The number of hydrogen-bond donors (Lipinski definition) is 0. The zero-order valence-electron chi connectivity index (χ0n) is 13.8. The molecule has 3 rings (SSSR count). The molecule has 3 aromatic rings. The highest BCUT2D eigenvalue weighted by molar-refractivity contribution is 9.10. The van der Waals surface area contributed by atoms with Crippen LogP contribution in [0.15, 0.2) is 57.8 Å². The quantitative estimate of drug-likeness (QED) is 0.616. The van der Waals surface area contributed by atoms with E-state index in [2.05, 4.69) is 26.4 Å². The highest BCUT2D eigenvalue weighted by atomic mass is 79.9. The van der Waals surface area contributed by atoms with Gasteiger partial charge in [-0.2, -0.15) is 9.36 Å². The molecule has 0 atom stereocenters. The van der Waals surface area contributed by atoms with Crippen molar-refractivity contribution in [1.82, 2.24) is 24.7 Å². The minimum absolute atomic E-state index is 0.204. The van der Waals surface area contributed by atoms with Crippen molar-refractivity contribution in [3.05, 3.63) is 74.1 Å². The summed E-state index contributed by atoms with van der Waals surface area (Å²) in [7, 11) is 1.67. The Kier molecular flexibility index (Phi) is 5.53. The van der Waals surface area contributed by atoms with Crippen molar-refractivity contribution in [3.63, 3.8) is 0 Å². The van der Waals surface area contributed by atoms with Gasteiger partial charge in [-0.25, -0.2) is 4.79 Å². The average Bonchev–Trinajstić information content (AvgIpc) is 2.98. The molecule has 0 saturated heterocycles. The molecule has 0 spiro atoms. The van der Waals surface area contributed by atoms with Crippen LogP contribution in [0.5, 0.6) is 0 Å². The first-order chi connectivity index (χ1) is 12.5. The number of amides is 1. The number of carbonyl (C=O) groups is 1. The van der Waals surface area contributed by atoms with Crippen LogP contribution in [-0.4, -0.2) is 37.6 Å². The summed E-state index contributed by atoms with van der Waals surface area (Å²) in [5.74, 6) is -0.255. The molecule has 7 nitrogen and oxygen atoms in total. The van der Waals surface area contributed by atoms with Gasteiger partial charge >= 0.3 is 5.69 Å². The lowest BCUT2D eigenvalue weighted by molar-refractivity contribution is -0.131. The van der Waals surface area contributed by atoms with Gasteiger partial charge in [0.15, 0.2) is 0 Å². The molecule has 0 fully saturated rings. The number of likely N-dealkylation sites (N-methyl/N-ethyl adjacent to an activating group) is 1. The standard InChI is InChI=1S/C17H15BrClN5O2/c1-22(10-12-6-2-3-7-13(12)18)16(25)11-23-17(26)24(21-20-23)15-9-5-4-8-14(15)19/h2-9H,10-11H2,1H3. The minimum atomic E-state index is -0.527. The molecule has 0 saturated carbocycles. The first kappa shape index (κ1) is 18.3. The fourth-order valence-electron chi connectivity index (χ4n) is 2.37. The van der Waals surface area contributed by atoms with E-state index in [0.717, 1.165) is 19.4 Å². The van der Waals surface area contributed by atoms with Crippen molar-refractivity contribution in [2.45, 2.75) is 13.1 Å². The van der Waals surface area contributed by atoms with E-state index in [4.69, 9.17) is 11.6 Å². The highest BCUT2D eigenvalue weighted by Gasteiger charge is 2.17. The third-order valence-electron chi connectivity index (χ3n) is 3.80. The van der Waals surface area contributed by atoms with Crippen molar-refractivity contribution in [3.8, 4) is 5.69 Å². The number of halogens is 2. The highest BCUT2D eigenvalue weighted by Crippen LogP contribution is 2.18. The van der Waals surface area contributed by atoms with Gasteiger partial charge in [0.25, 0.3) is 0 Å². The number of aromatic nitrogens is 4. The summed E-state index contributed by atoms with van der Waals surface area (Å²) < 4.78 is 3.01. The number of nitrogens with zero attached hydrogens (tertiary/aromatic N) is 5. The van der Waals surface area contributed by atoms with E-state index in [1.54, 1.807) is 31.3 Å². The lowest BCUT2D eigenvalue weighted by atomic mass is 10.2. The first-order valence-corrected chi connectivity index (χ1v) is 8.89. The van der Waals surface area contributed by atoms with Gasteiger partial charge in [0.05, 0.1) is 10.7 Å². The van der Waals surface area contributed by atoms with Crippen LogP contribution in [0.25, 0.3) is 5.69 Å². The van der Waals surface area contributed by atoms with Gasteiger partial charge in [0.2, 0.25) is 5.91 Å². The molecule has 1 amide bonds. The summed E-state index contributed by atoms with van der Waals surface area (Å²) >= 11 is 9.54. The monoisotopic (exact) mass is 435 g/mol. The van der Waals surface area contributed by atoms with Crippen molar-refractivity contribution in [2.24, 2.45) is 0 Å². The summed E-state index contributed by atoms with van der Waals surface area (Å²) in [6.45, 7) is 0.206. The number of benzene rings is 2. The summed E-state index contributed by atoms with van der Waals surface area (Å²) in [5.41, 5.74) is 0.857. The molecule has 26 heavy (non-hydrogen) atoms. The Morgan fingerprint density at radius 2 is 1.85 bits per heavy atom. The van der Waals surface area contributed by atoms with Gasteiger partial charge in [0, 0.05) is 18.1 Å². The minimum Gasteiger partial charge on any atom is -0.340 e. The third-order valence-corrected chi connectivity index (χ3v) is 4.89. The summed E-state index contributed by atoms with van der Waals surface area (Å²) in [6.07, 6.45) is 0.